The first-order chi connectivity index (χ1) is 10.0. The summed E-state index contributed by atoms with van der Waals surface area (Å²) in [4.78, 5) is 26.7. The van der Waals surface area contributed by atoms with Crippen LogP contribution >= 0.6 is 15.9 Å². The molecular formula is C15H13BrN2O3. The average molecular weight is 349 g/mol. The van der Waals surface area contributed by atoms with Gasteiger partial charge >= 0.3 is 5.97 Å². The predicted molar refractivity (Wildman–Crippen MR) is 80.9 cm³/mol. The van der Waals surface area contributed by atoms with Crippen LogP contribution in [0, 0.1) is 0 Å². The highest BCUT2D eigenvalue weighted by atomic mass is 79.9. The van der Waals surface area contributed by atoms with Crippen molar-refractivity contribution in [3.8, 4) is 0 Å². The number of nitrogens with one attached hydrogen (secondary N) is 1. The minimum Gasteiger partial charge on any atom is -0.478 e. The van der Waals surface area contributed by atoms with Crippen LogP contribution < -0.4 is 5.32 Å². The highest BCUT2D eigenvalue weighted by Gasteiger charge is 2.06. The van der Waals surface area contributed by atoms with E-state index in [2.05, 4.69) is 26.2 Å². The zero-order valence-corrected chi connectivity index (χ0v) is 12.6. The fraction of sp³-hybridized carbons (Fsp3) is 0.133. The summed E-state index contributed by atoms with van der Waals surface area (Å²) in [7, 11) is 0. The molecule has 0 saturated heterocycles. The van der Waals surface area contributed by atoms with Crippen LogP contribution in [0.2, 0.25) is 0 Å². The molecule has 0 aliphatic carbocycles. The van der Waals surface area contributed by atoms with Crippen molar-refractivity contribution in [2.75, 3.05) is 0 Å². The molecule has 0 unspecified atom stereocenters. The third-order valence-electron chi connectivity index (χ3n) is 2.81. The maximum absolute atomic E-state index is 11.8. The number of aromatic carboxylic acids is 1. The summed E-state index contributed by atoms with van der Waals surface area (Å²) in [6, 6.07) is 10.3. The van der Waals surface area contributed by atoms with Crippen LogP contribution in [0.25, 0.3) is 0 Å². The molecule has 1 aromatic carbocycles. The average Bonchev–Trinajstić information content (AvgIpc) is 2.48. The quantitative estimate of drug-likeness (QED) is 0.869. The zero-order chi connectivity index (χ0) is 15.2. The zero-order valence-electron chi connectivity index (χ0n) is 11.0. The second-order valence-corrected chi connectivity index (χ2v) is 5.34. The normalized spacial score (nSPS) is 10.1. The number of carbonyl (C=O) groups is 2. The lowest BCUT2D eigenvalue weighted by Crippen LogP contribution is -2.25. The topological polar surface area (TPSA) is 79.3 Å². The van der Waals surface area contributed by atoms with Crippen molar-refractivity contribution >= 4 is 27.8 Å². The van der Waals surface area contributed by atoms with E-state index in [1.807, 2.05) is 24.3 Å². The predicted octanol–water partition coefficient (Wildman–Crippen LogP) is 2.40. The molecule has 1 amide bonds. The molecule has 2 aromatic rings. The van der Waals surface area contributed by atoms with Gasteiger partial charge in [-0.2, -0.15) is 0 Å². The molecule has 6 heteroatoms. The first kappa shape index (κ1) is 15.2. The number of nitrogens with zero attached hydrogens (tertiary/aromatic N) is 1. The van der Waals surface area contributed by atoms with Crippen LogP contribution in [0.1, 0.15) is 21.6 Å². The molecule has 0 aliphatic rings. The second kappa shape index (κ2) is 6.99. The van der Waals surface area contributed by atoms with Crippen LogP contribution in [-0.4, -0.2) is 22.0 Å². The molecule has 108 valence electrons. The van der Waals surface area contributed by atoms with Gasteiger partial charge in [0.2, 0.25) is 5.91 Å². The Morgan fingerprint density at radius 1 is 1.19 bits per heavy atom. The summed E-state index contributed by atoms with van der Waals surface area (Å²) < 4.78 is 0.960. The lowest BCUT2D eigenvalue weighted by Gasteiger charge is -2.06. The molecule has 5 nitrogen and oxygen atoms in total. The van der Waals surface area contributed by atoms with Crippen LogP contribution in [0.15, 0.2) is 47.1 Å². The molecule has 2 rings (SSSR count). The number of carbonyl (C=O) groups excluding carboxylic acids is 1. The molecule has 1 heterocycles. The summed E-state index contributed by atoms with van der Waals surface area (Å²) in [6.45, 7) is 0.205. The Morgan fingerprint density at radius 2 is 1.90 bits per heavy atom. The van der Waals surface area contributed by atoms with Crippen molar-refractivity contribution in [1.82, 2.24) is 10.3 Å². The fourth-order valence-corrected chi connectivity index (χ4v) is 2.01. The van der Waals surface area contributed by atoms with E-state index in [4.69, 9.17) is 5.11 Å². The van der Waals surface area contributed by atoms with Gasteiger partial charge in [-0.1, -0.05) is 28.1 Å². The number of rotatable bonds is 5. The van der Waals surface area contributed by atoms with Crippen molar-refractivity contribution in [3.05, 3.63) is 63.9 Å². The Labute approximate surface area is 130 Å². The molecule has 0 fully saturated rings. The van der Waals surface area contributed by atoms with E-state index in [1.165, 1.54) is 18.3 Å². The minimum atomic E-state index is -1.01. The van der Waals surface area contributed by atoms with E-state index in [1.54, 1.807) is 0 Å². The third-order valence-corrected chi connectivity index (χ3v) is 3.34. The van der Waals surface area contributed by atoms with E-state index >= 15 is 0 Å². The van der Waals surface area contributed by atoms with Gasteiger partial charge < -0.3 is 10.4 Å². The number of halogens is 1. The van der Waals surface area contributed by atoms with Crippen LogP contribution in [0.5, 0.6) is 0 Å². The van der Waals surface area contributed by atoms with Crippen molar-refractivity contribution in [3.63, 3.8) is 0 Å². The number of amides is 1. The monoisotopic (exact) mass is 348 g/mol. The van der Waals surface area contributed by atoms with Crippen molar-refractivity contribution < 1.29 is 14.7 Å². The van der Waals surface area contributed by atoms with Gasteiger partial charge in [0.1, 0.15) is 0 Å². The smallest absolute Gasteiger partial charge is 0.335 e. The lowest BCUT2D eigenvalue weighted by atomic mass is 10.1. The molecule has 0 aliphatic heterocycles. The molecule has 0 radical (unpaired) electrons. The van der Waals surface area contributed by atoms with Gasteiger partial charge in [0.25, 0.3) is 0 Å². The number of aromatic nitrogens is 1. The van der Waals surface area contributed by atoms with E-state index in [-0.39, 0.29) is 24.4 Å². The SMILES string of the molecule is O=C(Cc1ccc(Br)cc1)NCc1cc(C(=O)O)ccn1. The molecule has 0 spiro atoms. The first-order valence-electron chi connectivity index (χ1n) is 6.24. The number of pyridine rings is 1. The number of carboxylic acids is 1. The van der Waals surface area contributed by atoms with Crippen molar-refractivity contribution in [2.45, 2.75) is 13.0 Å². The van der Waals surface area contributed by atoms with Gasteiger partial charge in [0.15, 0.2) is 0 Å². The third kappa shape index (κ3) is 4.68. The van der Waals surface area contributed by atoms with E-state index < -0.39 is 5.97 Å². The van der Waals surface area contributed by atoms with Gasteiger partial charge in [-0.25, -0.2) is 4.79 Å². The fourth-order valence-electron chi connectivity index (χ4n) is 1.75. The molecule has 0 atom stereocenters. The Kier molecular flexibility index (Phi) is 5.05. The van der Waals surface area contributed by atoms with Crippen LogP contribution in [-0.2, 0) is 17.8 Å². The van der Waals surface area contributed by atoms with E-state index in [0.29, 0.717) is 5.69 Å². The molecule has 21 heavy (non-hydrogen) atoms. The summed E-state index contributed by atoms with van der Waals surface area (Å²) in [6.07, 6.45) is 1.69. The highest BCUT2D eigenvalue weighted by molar-refractivity contribution is 9.10. The second-order valence-electron chi connectivity index (χ2n) is 4.42. The summed E-state index contributed by atoms with van der Waals surface area (Å²) >= 11 is 3.33. The summed E-state index contributed by atoms with van der Waals surface area (Å²) in [5.74, 6) is -1.15. The van der Waals surface area contributed by atoms with Crippen LogP contribution in [0.3, 0.4) is 0 Å². The van der Waals surface area contributed by atoms with Gasteiger partial charge in [0.05, 0.1) is 24.2 Å². The lowest BCUT2D eigenvalue weighted by molar-refractivity contribution is -0.120. The highest BCUT2D eigenvalue weighted by Crippen LogP contribution is 2.11. The van der Waals surface area contributed by atoms with E-state index in [9.17, 15) is 9.59 Å². The molecular weight excluding hydrogens is 336 g/mol. The van der Waals surface area contributed by atoms with Gasteiger partial charge in [-0.3, -0.25) is 9.78 Å². The Balaban J connectivity index is 1.90. The Bertz CT molecular complexity index is 656. The maximum atomic E-state index is 11.8. The number of carboxylic acid groups (broad SMARTS) is 1. The largest absolute Gasteiger partial charge is 0.478 e. The standard InChI is InChI=1S/C15H13BrN2O3/c16-12-3-1-10(2-4-12)7-14(19)18-9-13-8-11(15(20)21)5-6-17-13/h1-6,8H,7,9H2,(H,18,19)(H,20,21). The summed E-state index contributed by atoms with van der Waals surface area (Å²) in [5, 5.41) is 11.6. The van der Waals surface area contributed by atoms with Crippen molar-refractivity contribution in [2.24, 2.45) is 0 Å². The molecule has 2 N–H and O–H groups in total. The molecule has 0 saturated carbocycles. The van der Waals surface area contributed by atoms with Crippen LogP contribution in [0.4, 0.5) is 0 Å². The van der Waals surface area contributed by atoms with Gasteiger partial charge in [-0.05, 0) is 29.8 Å². The minimum absolute atomic E-state index is 0.139. The van der Waals surface area contributed by atoms with Crippen molar-refractivity contribution in [1.29, 1.82) is 0 Å². The summed E-state index contributed by atoms with van der Waals surface area (Å²) in [5.41, 5.74) is 1.57. The van der Waals surface area contributed by atoms with Gasteiger partial charge in [0, 0.05) is 10.7 Å². The number of hydrogen-bond acceptors (Lipinski definition) is 3. The molecule has 0 bridgehead atoms. The van der Waals surface area contributed by atoms with Gasteiger partial charge in [-0.15, -0.1) is 0 Å². The van der Waals surface area contributed by atoms with E-state index in [0.717, 1.165) is 10.0 Å². The maximum Gasteiger partial charge on any atom is 0.335 e. The molecule has 1 aromatic heterocycles. The first-order valence-corrected chi connectivity index (χ1v) is 7.03. The number of benzene rings is 1. The number of hydrogen-bond donors (Lipinski definition) is 2. The Morgan fingerprint density at radius 3 is 2.57 bits per heavy atom. The Hall–Kier alpha value is -2.21.